The molecule has 1 fully saturated rings. The summed E-state index contributed by atoms with van der Waals surface area (Å²) in [6.07, 6.45) is -2.36. The highest BCUT2D eigenvalue weighted by Crippen LogP contribution is 2.27. The summed E-state index contributed by atoms with van der Waals surface area (Å²) in [7, 11) is 0. The molecule has 0 radical (unpaired) electrons. The van der Waals surface area contributed by atoms with E-state index in [2.05, 4.69) is 5.32 Å². The second kappa shape index (κ2) is 2.78. The van der Waals surface area contributed by atoms with Gasteiger partial charge >= 0.3 is 0 Å². The van der Waals surface area contributed by atoms with Crippen LogP contribution in [0.15, 0.2) is 0 Å². The van der Waals surface area contributed by atoms with E-state index in [1.54, 1.807) is 0 Å². The Balaban J connectivity index is 2.48. The Morgan fingerprint density at radius 3 is 2.40 bits per heavy atom. The van der Waals surface area contributed by atoms with E-state index in [1.807, 2.05) is 0 Å². The summed E-state index contributed by atoms with van der Waals surface area (Å²) in [6, 6.07) is 0. The van der Waals surface area contributed by atoms with E-state index in [1.165, 1.54) is 0 Å². The van der Waals surface area contributed by atoms with Crippen molar-refractivity contribution in [1.82, 2.24) is 5.32 Å². The maximum Gasteiger partial charge on any atom is 0.273 e. The van der Waals surface area contributed by atoms with Crippen molar-refractivity contribution in [3.8, 4) is 0 Å². The van der Waals surface area contributed by atoms with Crippen molar-refractivity contribution in [3.05, 3.63) is 0 Å². The minimum atomic E-state index is -2.85. The van der Waals surface area contributed by atoms with Gasteiger partial charge in [0.25, 0.3) is 6.43 Å². The van der Waals surface area contributed by atoms with E-state index in [0.29, 0.717) is 13.0 Å². The molecule has 1 unspecified atom stereocenters. The molecule has 10 heavy (non-hydrogen) atoms. The largest absolute Gasteiger partial charge is 0.313 e. The van der Waals surface area contributed by atoms with E-state index < -0.39 is 12.1 Å². The van der Waals surface area contributed by atoms with Gasteiger partial charge < -0.3 is 5.32 Å². The van der Waals surface area contributed by atoms with Crippen molar-refractivity contribution in [1.29, 1.82) is 0 Å². The third-order valence-electron chi connectivity index (χ3n) is 1.76. The first-order valence-electron chi connectivity index (χ1n) is 3.33. The highest BCUT2D eigenvalue weighted by molar-refractivity contribution is 4.87. The maximum absolute atomic E-state index is 12.9. The maximum atomic E-state index is 12.9. The van der Waals surface area contributed by atoms with Gasteiger partial charge in [0, 0.05) is 6.54 Å². The molecular weight excluding hydrogens is 143 g/mol. The lowest BCUT2D eigenvalue weighted by Gasteiger charge is -2.28. The molecule has 4 heteroatoms. The van der Waals surface area contributed by atoms with Crippen molar-refractivity contribution in [2.75, 3.05) is 13.1 Å². The van der Waals surface area contributed by atoms with Crippen LogP contribution in [-0.2, 0) is 0 Å². The van der Waals surface area contributed by atoms with Gasteiger partial charge in [-0.05, 0) is 19.4 Å². The number of hydrogen-bond donors (Lipinski definition) is 1. The third-order valence-corrected chi connectivity index (χ3v) is 1.76. The van der Waals surface area contributed by atoms with E-state index >= 15 is 0 Å². The van der Waals surface area contributed by atoms with Crippen LogP contribution in [0.2, 0.25) is 0 Å². The second-order valence-corrected chi connectivity index (χ2v) is 2.62. The normalized spacial score (nSPS) is 34.8. The fourth-order valence-corrected chi connectivity index (χ4v) is 1.08. The quantitative estimate of drug-likeness (QED) is 0.599. The number of rotatable bonds is 1. The molecule has 0 aromatic rings. The predicted octanol–water partition coefficient (Wildman–Crippen LogP) is 1.34. The summed E-state index contributed by atoms with van der Waals surface area (Å²) in [5.41, 5.74) is -2.27. The molecule has 1 heterocycles. The molecule has 1 N–H and O–H groups in total. The zero-order valence-electron chi connectivity index (χ0n) is 5.54. The summed E-state index contributed by atoms with van der Waals surface area (Å²) < 4.78 is 36.7. The van der Waals surface area contributed by atoms with Crippen molar-refractivity contribution in [2.45, 2.75) is 24.9 Å². The fourth-order valence-electron chi connectivity index (χ4n) is 1.08. The third kappa shape index (κ3) is 1.42. The summed E-state index contributed by atoms with van der Waals surface area (Å²) in [4.78, 5) is 0. The molecule has 60 valence electrons. The van der Waals surface area contributed by atoms with Crippen molar-refractivity contribution < 1.29 is 13.2 Å². The molecule has 0 amide bonds. The standard InChI is InChI=1S/C6H10F3N/c7-5(8)6(9)2-1-3-10-4-6/h5,10H,1-4H2. The van der Waals surface area contributed by atoms with Gasteiger partial charge in [-0.25, -0.2) is 13.2 Å². The van der Waals surface area contributed by atoms with Crippen LogP contribution < -0.4 is 5.32 Å². The second-order valence-electron chi connectivity index (χ2n) is 2.62. The smallest absolute Gasteiger partial charge is 0.273 e. The Labute approximate surface area is 57.6 Å². The van der Waals surface area contributed by atoms with Gasteiger partial charge in [-0.3, -0.25) is 0 Å². The van der Waals surface area contributed by atoms with Gasteiger partial charge in [0.2, 0.25) is 0 Å². The van der Waals surface area contributed by atoms with Crippen LogP contribution in [0.1, 0.15) is 12.8 Å². The zero-order chi connectivity index (χ0) is 7.61. The van der Waals surface area contributed by atoms with Crippen LogP contribution in [0.3, 0.4) is 0 Å². The first-order chi connectivity index (χ1) is 4.65. The van der Waals surface area contributed by atoms with Gasteiger partial charge in [-0.15, -0.1) is 0 Å². The first-order valence-corrected chi connectivity index (χ1v) is 3.33. The monoisotopic (exact) mass is 153 g/mol. The lowest BCUT2D eigenvalue weighted by molar-refractivity contribution is -0.0481. The Bertz CT molecular complexity index is 110. The van der Waals surface area contributed by atoms with Crippen molar-refractivity contribution >= 4 is 0 Å². The Morgan fingerprint density at radius 2 is 2.10 bits per heavy atom. The molecule has 1 rings (SSSR count). The van der Waals surface area contributed by atoms with Crippen LogP contribution in [0, 0.1) is 0 Å². The Morgan fingerprint density at radius 1 is 1.40 bits per heavy atom. The van der Waals surface area contributed by atoms with Gasteiger partial charge in [0.1, 0.15) is 0 Å². The van der Waals surface area contributed by atoms with E-state index in [-0.39, 0.29) is 13.0 Å². The first kappa shape index (κ1) is 7.85. The number of halogens is 3. The number of hydrogen-bond acceptors (Lipinski definition) is 1. The number of alkyl halides is 3. The summed E-state index contributed by atoms with van der Waals surface area (Å²) in [5.74, 6) is 0. The molecule has 1 aliphatic rings. The van der Waals surface area contributed by atoms with Gasteiger partial charge in [0.05, 0.1) is 0 Å². The van der Waals surface area contributed by atoms with Crippen molar-refractivity contribution in [2.24, 2.45) is 0 Å². The van der Waals surface area contributed by atoms with Crippen LogP contribution in [0.4, 0.5) is 13.2 Å². The van der Waals surface area contributed by atoms with Gasteiger partial charge in [-0.2, -0.15) is 0 Å². The Hall–Kier alpha value is -0.250. The van der Waals surface area contributed by atoms with Gasteiger partial charge in [0.15, 0.2) is 5.67 Å². The summed E-state index contributed by atoms with van der Waals surface area (Å²) >= 11 is 0. The van der Waals surface area contributed by atoms with Crippen molar-refractivity contribution in [3.63, 3.8) is 0 Å². The van der Waals surface area contributed by atoms with Crippen LogP contribution in [0.25, 0.3) is 0 Å². The number of piperidine rings is 1. The topological polar surface area (TPSA) is 12.0 Å². The minimum Gasteiger partial charge on any atom is -0.313 e. The molecule has 0 aliphatic carbocycles. The van der Waals surface area contributed by atoms with E-state index in [4.69, 9.17) is 0 Å². The Kier molecular flexibility index (Phi) is 2.18. The highest BCUT2D eigenvalue weighted by atomic mass is 19.3. The molecule has 1 atom stereocenters. The van der Waals surface area contributed by atoms with Gasteiger partial charge in [-0.1, -0.05) is 0 Å². The molecule has 0 spiro atoms. The molecule has 0 saturated carbocycles. The van der Waals surface area contributed by atoms with E-state index in [9.17, 15) is 13.2 Å². The minimum absolute atomic E-state index is 0.0162. The van der Waals surface area contributed by atoms with Crippen LogP contribution in [-0.4, -0.2) is 25.2 Å². The van der Waals surface area contributed by atoms with Crippen LogP contribution >= 0.6 is 0 Å². The summed E-state index contributed by atoms with van der Waals surface area (Å²) in [5, 5.41) is 2.60. The molecule has 0 bridgehead atoms. The van der Waals surface area contributed by atoms with Crippen LogP contribution in [0.5, 0.6) is 0 Å². The molecular formula is C6H10F3N. The average molecular weight is 153 g/mol. The zero-order valence-corrected chi connectivity index (χ0v) is 5.54. The molecule has 1 nitrogen and oxygen atoms in total. The highest BCUT2D eigenvalue weighted by Gasteiger charge is 2.41. The molecule has 0 aromatic heterocycles. The lowest BCUT2D eigenvalue weighted by atomic mass is 9.97. The van der Waals surface area contributed by atoms with E-state index in [0.717, 1.165) is 0 Å². The SMILES string of the molecule is FC(F)C1(F)CCCNC1. The molecule has 0 aromatic carbocycles. The molecule has 1 saturated heterocycles. The summed E-state index contributed by atoms with van der Waals surface area (Å²) in [6.45, 7) is 0.447. The predicted molar refractivity (Wildman–Crippen MR) is 31.9 cm³/mol. The fraction of sp³-hybridized carbons (Fsp3) is 1.00. The molecule has 1 aliphatic heterocycles. The number of nitrogens with one attached hydrogen (secondary N) is 1. The average Bonchev–Trinajstić information content (AvgIpc) is 1.89. The lowest BCUT2D eigenvalue weighted by Crippen LogP contribution is -2.47.